The number of carbonyl (C=O) groups is 3. The van der Waals surface area contributed by atoms with E-state index in [0.717, 1.165) is 18.4 Å². The van der Waals surface area contributed by atoms with Crippen LogP contribution in [0.3, 0.4) is 0 Å². The highest BCUT2D eigenvalue weighted by Gasteiger charge is 2.44. The average molecular weight is 379 g/mol. The van der Waals surface area contributed by atoms with Crippen molar-refractivity contribution >= 4 is 35.1 Å². The molecule has 26 heavy (non-hydrogen) atoms. The molecule has 0 spiro atoms. The molecule has 0 saturated carbocycles. The smallest absolute Gasteiger partial charge is 0.310 e. The molecule has 7 heteroatoms. The van der Waals surface area contributed by atoms with E-state index in [-0.39, 0.29) is 30.1 Å². The maximum atomic E-state index is 13.0. The van der Waals surface area contributed by atoms with Gasteiger partial charge >= 0.3 is 5.97 Å². The second-order valence-electron chi connectivity index (χ2n) is 6.80. The molecule has 2 amide bonds. The van der Waals surface area contributed by atoms with Crippen LogP contribution in [0.15, 0.2) is 18.2 Å². The predicted molar refractivity (Wildman–Crippen MR) is 98.0 cm³/mol. The van der Waals surface area contributed by atoms with E-state index >= 15 is 0 Å². The number of carbonyl (C=O) groups excluding carboxylic acids is 3. The minimum atomic E-state index is -0.530. The Morgan fingerprint density at radius 3 is 2.85 bits per heavy atom. The lowest BCUT2D eigenvalue weighted by molar-refractivity contribution is -0.150. The topological polar surface area (TPSA) is 66.9 Å². The maximum absolute atomic E-state index is 13.0. The van der Waals surface area contributed by atoms with Crippen LogP contribution in [0.1, 0.15) is 31.7 Å². The summed E-state index contributed by atoms with van der Waals surface area (Å²) in [7, 11) is 0. The lowest BCUT2D eigenvalue weighted by Gasteiger charge is -2.34. The van der Waals surface area contributed by atoms with Gasteiger partial charge in [0, 0.05) is 11.6 Å². The molecule has 0 unspecified atom stereocenters. The molecule has 0 radical (unpaired) electrons. The van der Waals surface area contributed by atoms with Gasteiger partial charge < -0.3 is 4.74 Å². The van der Waals surface area contributed by atoms with E-state index in [9.17, 15) is 14.4 Å². The largest absolute Gasteiger partial charge is 0.466 e. The first kappa shape index (κ1) is 18.9. The van der Waals surface area contributed by atoms with Crippen LogP contribution >= 0.6 is 11.6 Å². The zero-order valence-corrected chi connectivity index (χ0v) is 15.8. The number of imide groups is 1. The number of hydrogen-bond acceptors (Lipinski definition) is 5. The van der Waals surface area contributed by atoms with Crippen LogP contribution in [0.25, 0.3) is 0 Å². The van der Waals surface area contributed by atoms with E-state index < -0.39 is 6.04 Å². The monoisotopic (exact) mass is 378 g/mol. The van der Waals surface area contributed by atoms with E-state index in [1.165, 1.54) is 4.90 Å². The van der Waals surface area contributed by atoms with Gasteiger partial charge in [-0.05, 0) is 50.9 Å². The number of esters is 1. The Labute approximate surface area is 158 Å². The maximum Gasteiger partial charge on any atom is 0.310 e. The number of aryl methyl sites for hydroxylation is 1. The molecule has 0 bridgehead atoms. The summed E-state index contributed by atoms with van der Waals surface area (Å²) in [6.07, 6.45) is 1.68. The third-order valence-electron chi connectivity index (χ3n) is 5.05. The van der Waals surface area contributed by atoms with Gasteiger partial charge in [-0.3, -0.25) is 19.3 Å². The molecular formula is C19H23ClN2O4. The van der Waals surface area contributed by atoms with Gasteiger partial charge in [0.25, 0.3) is 5.91 Å². The number of benzene rings is 1. The Kier molecular flexibility index (Phi) is 5.63. The van der Waals surface area contributed by atoms with Crippen LogP contribution in [0.2, 0.25) is 5.02 Å². The number of piperidine rings is 1. The molecule has 6 nitrogen and oxygen atoms in total. The summed E-state index contributed by atoms with van der Waals surface area (Å²) in [5, 5.41) is 0.481. The fraction of sp³-hybridized carbons (Fsp3) is 0.526. The van der Waals surface area contributed by atoms with Gasteiger partial charge in [-0.2, -0.15) is 0 Å². The molecule has 0 N–H and O–H groups in total. The number of amides is 2. The van der Waals surface area contributed by atoms with Gasteiger partial charge in [-0.1, -0.05) is 17.7 Å². The number of anilines is 1. The molecule has 2 aliphatic rings. The van der Waals surface area contributed by atoms with Gasteiger partial charge in [0.2, 0.25) is 5.91 Å². The zero-order valence-electron chi connectivity index (χ0n) is 15.0. The first-order valence-corrected chi connectivity index (χ1v) is 9.33. The quantitative estimate of drug-likeness (QED) is 0.595. The van der Waals surface area contributed by atoms with Crippen molar-refractivity contribution in [3.63, 3.8) is 0 Å². The molecule has 3 rings (SSSR count). The number of nitrogens with zero attached hydrogens (tertiary/aromatic N) is 2. The second-order valence-corrected chi connectivity index (χ2v) is 7.24. The van der Waals surface area contributed by atoms with Crippen LogP contribution in [-0.2, 0) is 19.1 Å². The Balaban J connectivity index is 1.78. The van der Waals surface area contributed by atoms with Crippen molar-refractivity contribution in [2.75, 3.05) is 24.6 Å². The molecule has 0 aromatic heterocycles. The Morgan fingerprint density at radius 1 is 1.35 bits per heavy atom. The van der Waals surface area contributed by atoms with Crippen molar-refractivity contribution in [2.24, 2.45) is 5.92 Å². The minimum absolute atomic E-state index is 0.125. The van der Waals surface area contributed by atoms with Crippen LogP contribution < -0.4 is 4.90 Å². The van der Waals surface area contributed by atoms with Gasteiger partial charge in [0.15, 0.2) is 0 Å². The third-order valence-corrected chi connectivity index (χ3v) is 5.28. The van der Waals surface area contributed by atoms with Gasteiger partial charge in [-0.15, -0.1) is 0 Å². The zero-order chi connectivity index (χ0) is 18.8. The summed E-state index contributed by atoms with van der Waals surface area (Å²) in [6.45, 7) is 5.12. The molecular weight excluding hydrogens is 356 g/mol. The number of likely N-dealkylation sites (tertiary alicyclic amines) is 1. The standard InChI is InChI=1S/C19H23ClN2O4/c1-3-26-19(25)13-5-4-8-21(11-13)16-10-17(23)22(18(16)24)15-9-14(20)7-6-12(15)2/h6-7,9,13,16H,3-5,8,10-11H2,1-2H3/t13-,16-/m1/s1. The molecule has 2 atom stereocenters. The summed E-state index contributed by atoms with van der Waals surface area (Å²) < 4.78 is 5.12. The van der Waals surface area contributed by atoms with Crippen LogP contribution in [0.4, 0.5) is 5.69 Å². The summed E-state index contributed by atoms with van der Waals surface area (Å²) in [6, 6.07) is 4.64. The summed E-state index contributed by atoms with van der Waals surface area (Å²) in [5.74, 6) is -0.946. The van der Waals surface area contributed by atoms with E-state index in [4.69, 9.17) is 16.3 Å². The Bertz CT molecular complexity index is 736. The van der Waals surface area contributed by atoms with E-state index in [1.54, 1.807) is 25.1 Å². The summed E-state index contributed by atoms with van der Waals surface area (Å²) >= 11 is 6.05. The third kappa shape index (κ3) is 3.62. The van der Waals surface area contributed by atoms with E-state index in [0.29, 0.717) is 30.4 Å². The van der Waals surface area contributed by atoms with Crippen LogP contribution in [0.5, 0.6) is 0 Å². The van der Waals surface area contributed by atoms with Gasteiger partial charge in [0.1, 0.15) is 0 Å². The highest BCUT2D eigenvalue weighted by atomic mass is 35.5. The number of hydrogen-bond donors (Lipinski definition) is 0. The first-order chi connectivity index (χ1) is 12.4. The highest BCUT2D eigenvalue weighted by Crippen LogP contribution is 2.32. The molecule has 0 aliphatic carbocycles. The molecule has 2 heterocycles. The first-order valence-electron chi connectivity index (χ1n) is 8.96. The molecule has 1 aromatic rings. The average Bonchev–Trinajstić information content (AvgIpc) is 2.92. The second kappa shape index (κ2) is 7.76. The number of halogens is 1. The van der Waals surface area contributed by atoms with Crippen molar-refractivity contribution in [3.8, 4) is 0 Å². The summed E-state index contributed by atoms with van der Waals surface area (Å²) in [5.41, 5.74) is 1.36. The predicted octanol–water partition coefficient (Wildman–Crippen LogP) is 2.56. The van der Waals surface area contributed by atoms with E-state index in [2.05, 4.69) is 0 Å². The molecule has 2 aliphatic heterocycles. The fourth-order valence-electron chi connectivity index (χ4n) is 3.72. The lowest BCUT2D eigenvalue weighted by atomic mass is 9.96. The van der Waals surface area contributed by atoms with E-state index in [1.807, 2.05) is 11.8 Å². The number of ether oxygens (including phenoxy) is 1. The van der Waals surface area contributed by atoms with Gasteiger partial charge in [0.05, 0.1) is 30.7 Å². The van der Waals surface area contributed by atoms with Gasteiger partial charge in [-0.25, -0.2) is 4.90 Å². The fourth-order valence-corrected chi connectivity index (χ4v) is 3.89. The van der Waals surface area contributed by atoms with Crippen molar-refractivity contribution in [3.05, 3.63) is 28.8 Å². The Hall–Kier alpha value is -1.92. The molecule has 2 fully saturated rings. The number of rotatable bonds is 4. The lowest BCUT2D eigenvalue weighted by Crippen LogP contribution is -2.48. The van der Waals surface area contributed by atoms with Crippen molar-refractivity contribution in [1.82, 2.24) is 4.90 Å². The normalized spacial score (nSPS) is 24.2. The van der Waals surface area contributed by atoms with Crippen molar-refractivity contribution < 1.29 is 19.1 Å². The Morgan fingerprint density at radius 2 is 2.12 bits per heavy atom. The molecule has 2 saturated heterocycles. The van der Waals surface area contributed by atoms with Crippen LogP contribution in [0, 0.1) is 12.8 Å². The minimum Gasteiger partial charge on any atom is -0.466 e. The van der Waals surface area contributed by atoms with Crippen molar-refractivity contribution in [2.45, 2.75) is 39.2 Å². The molecule has 140 valence electrons. The van der Waals surface area contributed by atoms with Crippen molar-refractivity contribution in [1.29, 1.82) is 0 Å². The highest BCUT2D eigenvalue weighted by molar-refractivity contribution is 6.31. The molecule has 1 aromatic carbocycles. The van der Waals surface area contributed by atoms with Crippen LogP contribution in [-0.4, -0.2) is 48.4 Å². The summed E-state index contributed by atoms with van der Waals surface area (Å²) in [4.78, 5) is 40.8. The SMILES string of the molecule is CCOC(=O)[C@@H]1CCCN([C@@H]2CC(=O)N(c3cc(Cl)ccc3C)C2=O)C1.